The van der Waals surface area contributed by atoms with E-state index in [9.17, 15) is 0 Å². The second kappa shape index (κ2) is 8.42. The lowest BCUT2D eigenvalue weighted by Gasteiger charge is -2.16. The van der Waals surface area contributed by atoms with Crippen LogP contribution in [0.1, 0.15) is 36.4 Å². The van der Waals surface area contributed by atoms with Crippen LogP contribution < -0.4 is 9.47 Å². The Kier molecular flexibility index (Phi) is 5.98. The van der Waals surface area contributed by atoms with E-state index in [-0.39, 0.29) is 0 Å². The average Bonchev–Trinajstić information content (AvgIpc) is 2.71. The second-order valence-corrected chi connectivity index (χ2v) is 6.96. The number of aromatic nitrogens is 2. The lowest BCUT2D eigenvalue weighted by molar-refractivity contribution is 0.395. The molecule has 0 atom stereocenters. The van der Waals surface area contributed by atoms with Crippen molar-refractivity contribution in [3.63, 3.8) is 0 Å². The minimum absolute atomic E-state index is 0.740. The fourth-order valence-corrected chi connectivity index (χ4v) is 3.55. The summed E-state index contributed by atoms with van der Waals surface area (Å²) >= 11 is 0. The fraction of sp³-hybridized carbons (Fsp3) is 0.333. The van der Waals surface area contributed by atoms with E-state index in [0.29, 0.717) is 0 Å². The van der Waals surface area contributed by atoms with E-state index in [0.717, 1.165) is 58.2 Å². The Bertz CT molecular complexity index is 976. The lowest BCUT2D eigenvalue weighted by Crippen LogP contribution is -2.05. The molecule has 0 aliphatic carbocycles. The van der Waals surface area contributed by atoms with Gasteiger partial charge in [-0.25, -0.2) is 9.97 Å². The number of rotatable bonds is 6. The SMILES string of the molecule is CCc1nc(-c2ccc(OC)cc2OC)c(CC)nc1-c1cc(C)cc(C)c1. The first kappa shape index (κ1) is 19.9. The molecule has 3 rings (SSSR count). The Balaban J connectivity index is 2.22. The van der Waals surface area contributed by atoms with Gasteiger partial charge in [-0.2, -0.15) is 0 Å². The summed E-state index contributed by atoms with van der Waals surface area (Å²) in [6.45, 7) is 8.47. The molecule has 4 heteroatoms. The number of aryl methyl sites for hydroxylation is 4. The minimum Gasteiger partial charge on any atom is -0.497 e. The van der Waals surface area contributed by atoms with Crippen molar-refractivity contribution in [2.45, 2.75) is 40.5 Å². The highest BCUT2D eigenvalue weighted by molar-refractivity contribution is 5.73. The Morgan fingerprint density at radius 3 is 1.93 bits per heavy atom. The van der Waals surface area contributed by atoms with Gasteiger partial charge in [0.05, 0.1) is 37.0 Å². The van der Waals surface area contributed by atoms with Crippen LogP contribution in [-0.4, -0.2) is 24.2 Å². The van der Waals surface area contributed by atoms with E-state index in [1.807, 2.05) is 18.2 Å². The standard InChI is InChI=1S/C24H28N2O2/c1-7-20-23(17-12-15(3)11-16(4)13-17)25-21(8-2)24(26-20)19-10-9-18(27-5)14-22(19)28-6/h9-14H,7-8H2,1-6H3. The van der Waals surface area contributed by atoms with Crippen molar-refractivity contribution in [1.82, 2.24) is 9.97 Å². The van der Waals surface area contributed by atoms with Crippen molar-refractivity contribution in [3.8, 4) is 34.0 Å². The van der Waals surface area contributed by atoms with Gasteiger partial charge in [-0.05, 0) is 51.0 Å². The van der Waals surface area contributed by atoms with Crippen LogP contribution in [-0.2, 0) is 12.8 Å². The minimum atomic E-state index is 0.740. The summed E-state index contributed by atoms with van der Waals surface area (Å²) in [5, 5.41) is 0. The topological polar surface area (TPSA) is 44.2 Å². The third-order valence-electron chi connectivity index (χ3n) is 4.87. The molecule has 0 amide bonds. The summed E-state index contributed by atoms with van der Waals surface area (Å²) in [4.78, 5) is 10.1. The zero-order valence-corrected chi connectivity index (χ0v) is 17.6. The summed E-state index contributed by atoms with van der Waals surface area (Å²) in [5.41, 5.74) is 8.36. The Labute approximate surface area is 167 Å². The maximum atomic E-state index is 5.61. The van der Waals surface area contributed by atoms with Crippen LogP contribution in [0.3, 0.4) is 0 Å². The fourth-order valence-electron chi connectivity index (χ4n) is 3.55. The Morgan fingerprint density at radius 1 is 0.750 bits per heavy atom. The smallest absolute Gasteiger partial charge is 0.132 e. The normalized spacial score (nSPS) is 10.8. The Morgan fingerprint density at radius 2 is 1.36 bits per heavy atom. The van der Waals surface area contributed by atoms with E-state index in [4.69, 9.17) is 19.4 Å². The van der Waals surface area contributed by atoms with E-state index < -0.39 is 0 Å². The molecule has 0 spiro atoms. The molecular formula is C24H28N2O2. The Hall–Kier alpha value is -2.88. The lowest BCUT2D eigenvalue weighted by atomic mass is 10.0. The molecule has 1 aromatic heterocycles. The predicted octanol–water partition coefficient (Wildman–Crippen LogP) is 5.57. The maximum Gasteiger partial charge on any atom is 0.132 e. The predicted molar refractivity (Wildman–Crippen MR) is 114 cm³/mol. The van der Waals surface area contributed by atoms with Gasteiger partial charge >= 0.3 is 0 Å². The van der Waals surface area contributed by atoms with Crippen LogP contribution in [0.5, 0.6) is 11.5 Å². The second-order valence-electron chi connectivity index (χ2n) is 6.96. The maximum absolute atomic E-state index is 5.61. The molecule has 0 radical (unpaired) electrons. The van der Waals surface area contributed by atoms with Gasteiger partial charge in [-0.15, -0.1) is 0 Å². The molecule has 0 saturated heterocycles. The number of benzene rings is 2. The monoisotopic (exact) mass is 376 g/mol. The molecule has 0 bridgehead atoms. The average molecular weight is 377 g/mol. The molecule has 4 nitrogen and oxygen atoms in total. The summed E-state index contributed by atoms with van der Waals surface area (Å²) in [6.07, 6.45) is 1.60. The molecule has 28 heavy (non-hydrogen) atoms. The summed E-state index contributed by atoms with van der Waals surface area (Å²) in [7, 11) is 3.32. The molecule has 0 aliphatic rings. The highest BCUT2D eigenvalue weighted by Crippen LogP contribution is 2.35. The third-order valence-corrected chi connectivity index (χ3v) is 4.87. The molecular weight excluding hydrogens is 348 g/mol. The summed E-state index contributed by atoms with van der Waals surface area (Å²) in [5.74, 6) is 1.50. The van der Waals surface area contributed by atoms with Crippen LogP contribution in [0, 0.1) is 13.8 Å². The zero-order chi connectivity index (χ0) is 20.3. The van der Waals surface area contributed by atoms with E-state index >= 15 is 0 Å². The first-order valence-electron chi connectivity index (χ1n) is 9.71. The van der Waals surface area contributed by atoms with Crippen LogP contribution in [0.2, 0.25) is 0 Å². The first-order valence-corrected chi connectivity index (χ1v) is 9.71. The van der Waals surface area contributed by atoms with Crippen LogP contribution in [0.15, 0.2) is 36.4 Å². The molecule has 2 aromatic carbocycles. The van der Waals surface area contributed by atoms with Crippen LogP contribution >= 0.6 is 0 Å². The number of methoxy groups -OCH3 is 2. The zero-order valence-electron chi connectivity index (χ0n) is 17.6. The van der Waals surface area contributed by atoms with Crippen molar-refractivity contribution < 1.29 is 9.47 Å². The van der Waals surface area contributed by atoms with Gasteiger partial charge in [0.2, 0.25) is 0 Å². The molecule has 146 valence electrons. The number of hydrogen-bond donors (Lipinski definition) is 0. The molecule has 0 saturated carbocycles. The summed E-state index contributed by atoms with van der Waals surface area (Å²) in [6, 6.07) is 12.4. The largest absolute Gasteiger partial charge is 0.497 e. The van der Waals surface area contributed by atoms with E-state index in [2.05, 4.69) is 45.9 Å². The van der Waals surface area contributed by atoms with Crippen LogP contribution in [0.4, 0.5) is 0 Å². The van der Waals surface area contributed by atoms with Gasteiger partial charge in [0.25, 0.3) is 0 Å². The van der Waals surface area contributed by atoms with Gasteiger partial charge in [0.1, 0.15) is 11.5 Å². The van der Waals surface area contributed by atoms with Crippen molar-refractivity contribution in [1.29, 1.82) is 0 Å². The van der Waals surface area contributed by atoms with E-state index in [1.54, 1.807) is 14.2 Å². The number of nitrogens with zero attached hydrogens (tertiary/aromatic N) is 2. The molecule has 0 aliphatic heterocycles. The van der Waals surface area contributed by atoms with Gasteiger partial charge in [-0.1, -0.05) is 31.0 Å². The molecule has 0 N–H and O–H groups in total. The van der Waals surface area contributed by atoms with Gasteiger partial charge in [0, 0.05) is 17.2 Å². The van der Waals surface area contributed by atoms with Crippen molar-refractivity contribution >= 4 is 0 Å². The quantitative estimate of drug-likeness (QED) is 0.564. The van der Waals surface area contributed by atoms with Gasteiger partial charge in [-0.3, -0.25) is 0 Å². The van der Waals surface area contributed by atoms with E-state index in [1.165, 1.54) is 11.1 Å². The summed E-state index contributed by atoms with van der Waals surface area (Å²) < 4.78 is 10.9. The number of hydrogen-bond acceptors (Lipinski definition) is 4. The third kappa shape index (κ3) is 3.86. The highest BCUT2D eigenvalue weighted by Gasteiger charge is 2.18. The van der Waals surface area contributed by atoms with Crippen molar-refractivity contribution in [2.75, 3.05) is 14.2 Å². The van der Waals surface area contributed by atoms with Gasteiger partial charge < -0.3 is 9.47 Å². The van der Waals surface area contributed by atoms with Crippen LogP contribution in [0.25, 0.3) is 22.5 Å². The molecule has 3 aromatic rings. The molecule has 0 fully saturated rings. The number of ether oxygens (including phenoxy) is 2. The molecule has 0 unspecified atom stereocenters. The highest BCUT2D eigenvalue weighted by atomic mass is 16.5. The van der Waals surface area contributed by atoms with Gasteiger partial charge in [0.15, 0.2) is 0 Å². The van der Waals surface area contributed by atoms with Crippen molar-refractivity contribution in [3.05, 3.63) is 58.9 Å². The van der Waals surface area contributed by atoms with Crippen molar-refractivity contribution in [2.24, 2.45) is 0 Å². The first-order chi connectivity index (χ1) is 13.5. The molecule has 1 heterocycles.